The summed E-state index contributed by atoms with van der Waals surface area (Å²) < 4.78 is 26.6. The average molecular weight is 326 g/mol. The first-order chi connectivity index (χ1) is 11.7. The van der Waals surface area contributed by atoms with Crippen LogP contribution in [-0.4, -0.2) is 31.5 Å². The van der Waals surface area contributed by atoms with Crippen LogP contribution in [0.3, 0.4) is 0 Å². The molecule has 1 aliphatic heterocycles. The van der Waals surface area contributed by atoms with E-state index in [1.165, 1.54) is 12.1 Å². The van der Waals surface area contributed by atoms with Gasteiger partial charge >= 0.3 is 0 Å². The van der Waals surface area contributed by atoms with Gasteiger partial charge in [-0.15, -0.1) is 0 Å². The van der Waals surface area contributed by atoms with E-state index < -0.39 is 11.9 Å². The van der Waals surface area contributed by atoms with Crippen LogP contribution in [0.2, 0.25) is 0 Å². The quantitative estimate of drug-likeness (QED) is 0.672. The Morgan fingerprint density at radius 3 is 2.42 bits per heavy atom. The Kier molecular flexibility index (Phi) is 3.56. The van der Waals surface area contributed by atoms with Crippen LogP contribution in [0.15, 0.2) is 36.8 Å². The second-order valence-electron chi connectivity index (χ2n) is 5.38. The SMILES string of the molecule is Fc1cc(N2CCc3nc(-c4ncccn4)ncc3C2)cc(F)n1. The Balaban J connectivity index is 1.62. The molecule has 0 unspecified atom stereocenters. The van der Waals surface area contributed by atoms with Gasteiger partial charge in [0.2, 0.25) is 11.9 Å². The molecule has 8 heteroatoms. The number of hydrogen-bond acceptors (Lipinski definition) is 6. The molecule has 3 aromatic heterocycles. The van der Waals surface area contributed by atoms with Crippen molar-refractivity contribution in [2.24, 2.45) is 0 Å². The molecule has 0 amide bonds. The Morgan fingerprint density at radius 1 is 0.917 bits per heavy atom. The minimum atomic E-state index is -0.830. The fraction of sp³-hybridized carbons (Fsp3) is 0.188. The average Bonchev–Trinajstić information content (AvgIpc) is 2.61. The number of rotatable bonds is 2. The first-order valence-electron chi connectivity index (χ1n) is 7.39. The van der Waals surface area contributed by atoms with Crippen molar-refractivity contribution in [2.75, 3.05) is 11.4 Å². The maximum absolute atomic E-state index is 13.3. The fourth-order valence-corrected chi connectivity index (χ4v) is 2.69. The van der Waals surface area contributed by atoms with E-state index in [0.29, 0.717) is 36.8 Å². The lowest BCUT2D eigenvalue weighted by Gasteiger charge is -2.29. The topological polar surface area (TPSA) is 67.7 Å². The van der Waals surface area contributed by atoms with Crippen LogP contribution in [0.1, 0.15) is 11.3 Å². The van der Waals surface area contributed by atoms with Gasteiger partial charge in [0.1, 0.15) is 0 Å². The normalized spacial score (nSPS) is 13.7. The molecule has 4 heterocycles. The number of anilines is 1. The summed E-state index contributed by atoms with van der Waals surface area (Å²) >= 11 is 0. The summed E-state index contributed by atoms with van der Waals surface area (Å²) in [6.07, 6.45) is 5.64. The van der Waals surface area contributed by atoms with Crippen molar-refractivity contribution in [3.63, 3.8) is 0 Å². The molecule has 0 fully saturated rings. The number of aromatic nitrogens is 5. The van der Waals surface area contributed by atoms with Gasteiger partial charge in [-0.3, -0.25) is 0 Å². The van der Waals surface area contributed by atoms with Crippen LogP contribution in [0.4, 0.5) is 14.5 Å². The van der Waals surface area contributed by atoms with Crippen molar-refractivity contribution in [3.05, 3.63) is 59.9 Å². The third-order valence-corrected chi connectivity index (χ3v) is 3.81. The van der Waals surface area contributed by atoms with Gasteiger partial charge in [-0.25, -0.2) is 19.9 Å². The summed E-state index contributed by atoms with van der Waals surface area (Å²) in [5.41, 5.74) is 2.28. The third kappa shape index (κ3) is 2.78. The van der Waals surface area contributed by atoms with E-state index >= 15 is 0 Å². The van der Waals surface area contributed by atoms with E-state index in [9.17, 15) is 8.78 Å². The minimum Gasteiger partial charge on any atom is -0.366 e. The van der Waals surface area contributed by atoms with E-state index in [-0.39, 0.29) is 0 Å². The molecule has 0 spiro atoms. The lowest BCUT2D eigenvalue weighted by molar-refractivity contribution is 0.511. The van der Waals surface area contributed by atoms with Crippen molar-refractivity contribution in [2.45, 2.75) is 13.0 Å². The third-order valence-electron chi connectivity index (χ3n) is 3.81. The predicted octanol–water partition coefficient (Wildman–Crippen LogP) is 2.17. The zero-order valence-corrected chi connectivity index (χ0v) is 12.5. The molecule has 24 heavy (non-hydrogen) atoms. The molecule has 0 bridgehead atoms. The molecular formula is C16H12F2N6. The second kappa shape index (κ2) is 5.88. The summed E-state index contributed by atoms with van der Waals surface area (Å²) in [4.78, 5) is 22.1. The highest BCUT2D eigenvalue weighted by Gasteiger charge is 2.20. The van der Waals surface area contributed by atoms with Gasteiger partial charge < -0.3 is 4.90 Å². The van der Waals surface area contributed by atoms with Gasteiger partial charge in [0.15, 0.2) is 11.6 Å². The molecule has 0 aromatic carbocycles. The molecule has 120 valence electrons. The molecule has 0 saturated heterocycles. The Labute approximate surface area is 136 Å². The Bertz CT molecular complexity index is 867. The number of halogens is 2. The van der Waals surface area contributed by atoms with Gasteiger partial charge in [0.25, 0.3) is 0 Å². The van der Waals surface area contributed by atoms with Crippen molar-refractivity contribution >= 4 is 5.69 Å². The lowest BCUT2D eigenvalue weighted by atomic mass is 10.1. The predicted molar refractivity (Wildman–Crippen MR) is 82.0 cm³/mol. The molecular weight excluding hydrogens is 314 g/mol. The van der Waals surface area contributed by atoms with E-state index in [1.807, 2.05) is 4.90 Å². The molecule has 0 radical (unpaired) electrons. The zero-order chi connectivity index (χ0) is 16.5. The molecule has 0 aliphatic carbocycles. The summed E-state index contributed by atoms with van der Waals surface area (Å²) in [5, 5.41) is 0. The summed E-state index contributed by atoms with van der Waals surface area (Å²) in [6.45, 7) is 1.08. The highest BCUT2D eigenvalue weighted by molar-refractivity contribution is 5.49. The summed E-state index contributed by atoms with van der Waals surface area (Å²) in [6, 6.07) is 4.18. The molecule has 0 atom stereocenters. The monoisotopic (exact) mass is 326 g/mol. The maximum Gasteiger partial charge on any atom is 0.217 e. The molecule has 0 saturated carbocycles. The molecule has 3 aromatic rings. The van der Waals surface area contributed by atoms with E-state index in [2.05, 4.69) is 24.9 Å². The van der Waals surface area contributed by atoms with E-state index in [0.717, 1.165) is 11.3 Å². The van der Waals surface area contributed by atoms with Crippen LogP contribution < -0.4 is 4.90 Å². The largest absolute Gasteiger partial charge is 0.366 e. The standard InChI is InChI=1S/C16H12F2N6/c17-13-6-11(7-14(18)23-13)24-5-2-12-10(9-24)8-21-16(22-12)15-19-3-1-4-20-15/h1,3-4,6-8H,2,5,9H2. The second-order valence-corrected chi connectivity index (χ2v) is 5.38. The van der Waals surface area contributed by atoms with Crippen molar-refractivity contribution in [3.8, 4) is 11.6 Å². The smallest absolute Gasteiger partial charge is 0.217 e. The summed E-state index contributed by atoms with van der Waals surface area (Å²) in [7, 11) is 0. The van der Waals surface area contributed by atoms with Gasteiger partial charge in [-0.05, 0) is 6.07 Å². The van der Waals surface area contributed by atoms with Gasteiger partial charge in [0, 0.05) is 61.5 Å². The lowest BCUT2D eigenvalue weighted by Crippen LogP contribution is -2.31. The fourth-order valence-electron chi connectivity index (χ4n) is 2.69. The van der Waals surface area contributed by atoms with Gasteiger partial charge in [-0.2, -0.15) is 13.8 Å². The van der Waals surface area contributed by atoms with Crippen LogP contribution in [0.25, 0.3) is 11.6 Å². The molecule has 4 rings (SSSR count). The Hall–Kier alpha value is -3.03. The molecule has 0 N–H and O–H groups in total. The molecule has 6 nitrogen and oxygen atoms in total. The number of fused-ring (bicyclic) bond motifs is 1. The van der Waals surface area contributed by atoms with Gasteiger partial charge in [0.05, 0.1) is 5.69 Å². The first-order valence-corrected chi connectivity index (χ1v) is 7.39. The van der Waals surface area contributed by atoms with Crippen molar-refractivity contribution < 1.29 is 8.78 Å². The van der Waals surface area contributed by atoms with Crippen LogP contribution in [-0.2, 0) is 13.0 Å². The van der Waals surface area contributed by atoms with Gasteiger partial charge in [-0.1, -0.05) is 0 Å². The summed E-state index contributed by atoms with van der Waals surface area (Å²) in [5.74, 6) is -0.711. The highest BCUT2D eigenvalue weighted by atomic mass is 19.1. The van der Waals surface area contributed by atoms with Crippen LogP contribution in [0, 0.1) is 11.9 Å². The number of hydrogen-bond donors (Lipinski definition) is 0. The maximum atomic E-state index is 13.3. The zero-order valence-electron chi connectivity index (χ0n) is 12.5. The first kappa shape index (κ1) is 14.6. The minimum absolute atomic E-state index is 0.459. The van der Waals surface area contributed by atoms with Crippen molar-refractivity contribution in [1.29, 1.82) is 0 Å². The van der Waals surface area contributed by atoms with Crippen LogP contribution >= 0.6 is 0 Å². The van der Waals surface area contributed by atoms with Crippen molar-refractivity contribution in [1.82, 2.24) is 24.9 Å². The van der Waals surface area contributed by atoms with Crippen LogP contribution in [0.5, 0.6) is 0 Å². The molecule has 1 aliphatic rings. The highest BCUT2D eigenvalue weighted by Crippen LogP contribution is 2.24. The van der Waals surface area contributed by atoms with E-state index in [1.54, 1.807) is 24.7 Å². The Morgan fingerprint density at radius 2 is 1.67 bits per heavy atom. The van der Waals surface area contributed by atoms with E-state index in [4.69, 9.17) is 0 Å². The number of nitrogens with zero attached hydrogens (tertiary/aromatic N) is 6. The number of pyridine rings is 1.